The molecule has 2 amide bonds. The molecule has 1 atom stereocenters. The number of rotatable bonds is 1. The maximum atomic E-state index is 11.3. The summed E-state index contributed by atoms with van der Waals surface area (Å²) in [4.78, 5) is 22.4. The largest absolute Gasteiger partial charge is 0.345 e. The third-order valence-electron chi connectivity index (χ3n) is 3.45. The Kier molecular flexibility index (Phi) is 2.88. The number of piperazine rings is 1. The molecule has 17 heavy (non-hydrogen) atoms. The normalized spacial score (nSPS) is 19.8. The van der Waals surface area contributed by atoms with Gasteiger partial charge in [-0.3, -0.25) is 9.59 Å². The van der Waals surface area contributed by atoms with Crippen molar-refractivity contribution in [1.82, 2.24) is 10.6 Å². The summed E-state index contributed by atoms with van der Waals surface area (Å²) in [6, 6.07) is 3.93. The Bertz CT molecular complexity index is 494. The van der Waals surface area contributed by atoms with Gasteiger partial charge in [-0.1, -0.05) is 12.1 Å². The summed E-state index contributed by atoms with van der Waals surface area (Å²) in [6.45, 7) is 6.62. The second kappa shape index (κ2) is 4.20. The van der Waals surface area contributed by atoms with Crippen LogP contribution < -0.4 is 10.6 Å². The molecule has 4 nitrogen and oxygen atoms in total. The van der Waals surface area contributed by atoms with Crippen LogP contribution in [-0.4, -0.2) is 18.4 Å². The van der Waals surface area contributed by atoms with Gasteiger partial charge in [-0.15, -0.1) is 0 Å². The average molecular weight is 232 g/mol. The van der Waals surface area contributed by atoms with Crippen molar-refractivity contribution in [3.63, 3.8) is 0 Å². The van der Waals surface area contributed by atoms with Crippen molar-refractivity contribution in [2.45, 2.75) is 26.8 Å². The van der Waals surface area contributed by atoms with Crippen LogP contribution in [0, 0.1) is 20.8 Å². The maximum Gasteiger partial charge on any atom is 0.309 e. The minimum atomic E-state index is -0.557. The van der Waals surface area contributed by atoms with Gasteiger partial charge in [0.1, 0.15) is 0 Å². The molecule has 1 aliphatic rings. The van der Waals surface area contributed by atoms with E-state index in [1.165, 1.54) is 16.7 Å². The van der Waals surface area contributed by atoms with E-state index in [0.717, 1.165) is 5.56 Å². The number of hydrogen-bond acceptors (Lipinski definition) is 2. The first-order valence-electron chi connectivity index (χ1n) is 5.66. The summed E-state index contributed by atoms with van der Waals surface area (Å²) in [5.41, 5.74) is 4.71. The van der Waals surface area contributed by atoms with Crippen LogP contribution in [0.5, 0.6) is 0 Å². The molecule has 1 aromatic carbocycles. The Balaban J connectivity index is 2.32. The van der Waals surface area contributed by atoms with E-state index < -0.39 is 11.8 Å². The Labute approximate surface area is 100 Å². The van der Waals surface area contributed by atoms with Gasteiger partial charge in [0.25, 0.3) is 0 Å². The number of hydrogen-bond donors (Lipinski definition) is 2. The fourth-order valence-electron chi connectivity index (χ4n) is 2.09. The first-order valence-corrected chi connectivity index (χ1v) is 5.66. The number of benzene rings is 1. The lowest BCUT2D eigenvalue weighted by atomic mass is 9.93. The highest BCUT2D eigenvalue weighted by Gasteiger charge is 2.27. The molecule has 2 N–H and O–H groups in total. The second-order valence-electron chi connectivity index (χ2n) is 4.46. The van der Waals surface area contributed by atoms with Gasteiger partial charge in [-0.2, -0.15) is 0 Å². The molecule has 1 fully saturated rings. The van der Waals surface area contributed by atoms with E-state index in [2.05, 4.69) is 24.5 Å². The molecule has 0 radical (unpaired) electrons. The van der Waals surface area contributed by atoms with E-state index in [1.54, 1.807) is 0 Å². The molecule has 0 aliphatic carbocycles. The van der Waals surface area contributed by atoms with E-state index in [0.29, 0.717) is 6.54 Å². The Morgan fingerprint density at radius 1 is 1.06 bits per heavy atom. The van der Waals surface area contributed by atoms with Crippen LogP contribution in [0.15, 0.2) is 12.1 Å². The topological polar surface area (TPSA) is 58.2 Å². The smallest absolute Gasteiger partial charge is 0.309 e. The Morgan fingerprint density at radius 3 is 2.41 bits per heavy atom. The zero-order valence-corrected chi connectivity index (χ0v) is 10.3. The number of carbonyl (C=O) groups is 2. The minimum absolute atomic E-state index is 0.125. The van der Waals surface area contributed by atoms with Gasteiger partial charge >= 0.3 is 11.8 Å². The van der Waals surface area contributed by atoms with Gasteiger partial charge in [0.2, 0.25) is 0 Å². The summed E-state index contributed by atoms with van der Waals surface area (Å²) in [7, 11) is 0. The fourth-order valence-corrected chi connectivity index (χ4v) is 2.09. The van der Waals surface area contributed by atoms with Crippen molar-refractivity contribution in [2.75, 3.05) is 6.54 Å². The van der Waals surface area contributed by atoms with Gasteiger partial charge in [0, 0.05) is 6.54 Å². The van der Waals surface area contributed by atoms with Crippen LogP contribution >= 0.6 is 0 Å². The minimum Gasteiger partial charge on any atom is -0.345 e. The van der Waals surface area contributed by atoms with Crippen molar-refractivity contribution in [3.05, 3.63) is 34.4 Å². The number of carbonyl (C=O) groups excluding carboxylic acids is 2. The van der Waals surface area contributed by atoms with Crippen LogP contribution in [0.25, 0.3) is 0 Å². The molecule has 4 heteroatoms. The summed E-state index contributed by atoms with van der Waals surface area (Å²) >= 11 is 0. The zero-order valence-electron chi connectivity index (χ0n) is 10.3. The lowest BCUT2D eigenvalue weighted by Gasteiger charge is -2.26. The Morgan fingerprint density at radius 2 is 1.76 bits per heavy atom. The van der Waals surface area contributed by atoms with Crippen molar-refractivity contribution in [1.29, 1.82) is 0 Å². The highest BCUT2D eigenvalue weighted by Crippen LogP contribution is 2.23. The van der Waals surface area contributed by atoms with Gasteiger partial charge < -0.3 is 10.6 Å². The van der Waals surface area contributed by atoms with Gasteiger partial charge in [0.05, 0.1) is 6.04 Å². The summed E-state index contributed by atoms with van der Waals surface area (Å²) in [6.07, 6.45) is 0. The summed E-state index contributed by atoms with van der Waals surface area (Å²) < 4.78 is 0. The average Bonchev–Trinajstić information content (AvgIpc) is 2.30. The third kappa shape index (κ3) is 2.02. The second-order valence-corrected chi connectivity index (χ2v) is 4.46. The summed E-state index contributed by atoms with van der Waals surface area (Å²) in [5.74, 6) is -1.11. The SMILES string of the molecule is Cc1ccc(C2CNC(=O)C(=O)N2)c(C)c1C. The predicted octanol–water partition coefficient (Wildman–Crippen LogP) is 0.899. The van der Waals surface area contributed by atoms with Gasteiger partial charge in [-0.05, 0) is 43.0 Å². The standard InChI is InChI=1S/C13H16N2O2/c1-7-4-5-10(9(3)8(7)2)11-6-14-12(16)13(17)15-11/h4-5,11H,6H2,1-3H3,(H,14,16)(H,15,17). The molecule has 90 valence electrons. The summed E-state index contributed by atoms with van der Waals surface area (Å²) in [5, 5.41) is 5.31. The lowest BCUT2D eigenvalue weighted by Crippen LogP contribution is -2.51. The van der Waals surface area contributed by atoms with E-state index in [4.69, 9.17) is 0 Å². The molecular formula is C13H16N2O2. The van der Waals surface area contributed by atoms with Crippen molar-refractivity contribution in [2.24, 2.45) is 0 Å². The predicted molar refractivity (Wildman–Crippen MR) is 64.5 cm³/mol. The monoisotopic (exact) mass is 232 g/mol. The van der Waals surface area contributed by atoms with E-state index >= 15 is 0 Å². The van der Waals surface area contributed by atoms with Crippen LogP contribution in [-0.2, 0) is 9.59 Å². The molecule has 0 aromatic heterocycles. The van der Waals surface area contributed by atoms with Crippen LogP contribution in [0.3, 0.4) is 0 Å². The maximum absolute atomic E-state index is 11.3. The third-order valence-corrected chi connectivity index (χ3v) is 3.45. The zero-order chi connectivity index (χ0) is 12.6. The van der Waals surface area contributed by atoms with Crippen molar-refractivity contribution >= 4 is 11.8 Å². The Hall–Kier alpha value is -1.84. The van der Waals surface area contributed by atoms with E-state index in [-0.39, 0.29) is 6.04 Å². The molecule has 0 saturated carbocycles. The molecule has 1 unspecified atom stereocenters. The van der Waals surface area contributed by atoms with E-state index in [9.17, 15) is 9.59 Å². The van der Waals surface area contributed by atoms with Gasteiger partial charge in [-0.25, -0.2) is 0 Å². The fraction of sp³-hybridized carbons (Fsp3) is 0.385. The molecule has 0 spiro atoms. The van der Waals surface area contributed by atoms with Crippen LogP contribution in [0.1, 0.15) is 28.3 Å². The molecular weight excluding hydrogens is 216 g/mol. The van der Waals surface area contributed by atoms with Crippen molar-refractivity contribution < 1.29 is 9.59 Å². The highest BCUT2D eigenvalue weighted by molar-refractivity contribution is 6.35. The van der Waals surface area contributed by atoms with Gasteiger partial charge in [0.15, 0.2) is 0 Å². The molecule has 1 saturated heterocycles. The van der Waals surface area contributed by atoms with E-state index in [1.807, 2.05) is 19.1 Å². The molecule has 1 heterocycles. The van der Waals surface area contributed by atoms with Crippen LogP contribution in [0.4, 0.5) is 0 Å². The molecule has 1 aliphatic heterocycles. The first-order chi connectivity index (χ1) is 8.00. The number of amides is 2. The van der Waals surface area contributed by atoms with Crippen molar-refractivity contribution in [3.8, 4) is 0 Å². The van der Waals surface area contributed by atoms with Crippen LogP contribution in [0.2, 0.25) is 0 Å². The molecule has 1 aromatic rings. The quantitative estimate of drug-likeness (QED) is 0.707. The first kappa shape index (κ1) is 11.6. The lowest BCUT2D eigenvalue weighted by molar-refractivity contribution is -0.141. The molecule has 0 bridgehead atoms. The number of nitrogens with one attached hydrogen (secondary N) is 2. The molecule has 2 rings (SSSR count). The number of aryl methyl sites for hydroxylation is 1. The highest BCUT2D eigenvalue weighted by atomic mass is 16.2.